The highest BCUT2D eigenvalue weighted by Crippen LogP contribution is 2.88. The molecule has 4 saturated carbocycles. The Morgan fingerprint density at radius 1 is 0.586 bits per heavy atom. The van der Waals surface area contributed by atoms with E-state index in [2.05, 4.69) is 132 Å². The molecule has 5 atom stereocenters. The van der Waals surface area contributed by atoms with E-state index < -0.39 is 0 Å². The Hall–Kier alpha value is -3.46. The van der Waals surface area contributed by atoms with Crippen LogP contribution in [-0.2, 0) is 27.1 Å². The van der Waals surface area contributed by atoms with Crippen LogP contribution in [-0.4, -0.2) is 14.4 Å². The Bertz CT molecular complexity index is 2910. The first-order valence-electron chi connectivity index (χ1n) is 23.3. The number of rotatable bonds is 0. The third kappa shape index (κ3) is 3.40. The van der Waals surface area contributed by atoms with E-state index in [0.717, 1.165) is 23.7 Å². The molecule has 5 unspecified atom stereocenters. The van der Waals surface area contributed by atoms with Crippen molar-refractivity contribution in [1.82, 2.24) is 14.4 Å². The van der Waals surface area contributed by atoms with E-state index in [1.807, 2.05) is 0 Å². The number of hydrogen-bond acceptors (Lipinski definition) is 2. The molecule has 0 saturated heterocycles. The molecule has 4 aromatic heterocycles. The maximum atomic E-state index is 5.77. The van der Waals surface area contributed by atoms with Crippen molar-refractivity contribution >= 4 is 38.1 Å². The van der Waals surface area contributed by atoms with Crippen LogP contribution in [0.3, 0.4) is 0 Å². The lowest BCUT2D eigenvalue weighted by atomic mass is 9.28. The highest BCUT2D eigenvalue weighted by atomic mass is 15.0. The van der Waals surface area contributed by atoms with Gasteiger partial charge in [0.25, 0.3) is 0 Å². The first-order valence-corrected chi connectivity index (χ1v) is 23.3. The fourth-order valence-electron chi connectivity index (χ4n) is 16.6. The van der Waals surface area contributed by atoms with Crippen LogP contribution < -0.4 is 0 Å². The predicted molar refractivity (Wildman–Crippen MR) is 241 cm³/mol. The zero-order valence-corrected chi connectivity index (χ0v) is 38.0. The van der Waals surface area contributed by atoms with Crippen molar-refractivity contribution in [3.05, 3.63) is 75.4 Å². The summed E-state index contributed by atoms with van der Waals surface area (Å²) >= 11 is 0. The molecule has 58 heavy (non-hydrogen) atoms. The van der Waals surface area contributed by atoms with Gasteiger partial charge >= 0.3 is 0 Å². The summed E-state index contributed by atoms with van der Waals surface area (Å²) in [5, 5.41) is 5.90. The zero-order chi connectivity index (χ0) is 40.6. The van der Waals surface area contributed by atoms with E-state index in [1.54, 1.807) is 16.7 Å². The lowest BCUT2D eigenvalue weighted by Crippen LogP contribution is -2.68. The fraction of sp³-hybridized carbons (Fsp3) is 0.600. The number of hydrogen-bond donors (Lipinski definition) is 0. The van der Waals surface area contributed by atoms with Crippen LogP contribution in [0.1, 0.15) is 198 Å². The van der Waals surface area contributed by atoms with E-state index in [4.69, 9.17) is 9.97 Å². The van der Waals surface area contributed by atoms with Crippen LogP contribution in [0, 0.1) is 28.1 Å². The Labute approximate surface area is 346 Å². The van der Waals surface area contributed by atoms with Gasteiger partial charge in [-0.15, -0.1) is 0 Å². The summed E-state index contributed by atoms with van der Waals surface area (Å²) in [6.45, 7) is 34.8. The Balaban J connectivity index is 1.22. The zero-order valence-electron chi connectivity index (χ0n) is 38.0. The lowest BCUT2D eigenvalue weighted by Gasteiger charge is -2.76. The van der Waals surface area contributed by atoms with E-state index >= 15 is 0 Å². The minimum absolute atomic E-state index is 0.0546. The molecule has 14 rings (SSSR count). The lowest BCUT2D eigenvalue weighted by molar-refractivity contribution is -0.240. The summed E-state index contributed by atoms with van der Waals surface area (Å²) in [7, 11) is 0. The normalized spacial score (nSPS) is 32.5. The third-order valence-corrected chi connectivity index (χ3v) is 19.7. The van der Waals surface area contributed by atoms with Gasteiger partial charge in [0.05, 0.1) is 40.3 Å². The molecule has 0 radical (unpaired) electrons. The van der Waals surface area contributed by atoms with Gasteiger partial charge in [-0.1, -0.05) is 115 Å². The van der Waals surface area contributed by atoms with Gasteiger partial charge in [-0.05, 0) is 135 Å². The molecule has 4 fully saturated rings. The van der Waals surface area contributed by atoms with Gasteiger partial charge in [-0.2, -0.15) is 0 Å². The summed E-state index contributed by atoms with van der Waals surface area (Å²) in [5.74, 6) is 3.57. The Morgan fingerprint density at radius 3 is 1.66 bits per heavy atom. The van der Waals surface area contributed by atoms with Gasteiger partial charge in [0, 0.05) is 43.4 Å². The molecule has 2 bridgehead atoms. The molecule has 1 spiro atoms. The predicted octanol–water partition coefficient (Wildman–Crippen LogP) is 14.3. The highest BCUT2D eigenvalue weighted by molar-refractivity contribution is 6.29. The number of nitrogens with zero attached hydrogens (tertiary/aromatic N) is 3. The Kier molecular flexibility index (Phi) is 5.80. The summed E-state index contributed by atoms with van der Waals surface area (Å²) in [5.41, 5.74) is 19.8. The second kappa shape index (κ2) is 9.53. The minimum Gasteiger partial charge on any atom is -0.305 e. The van der Waals surface area contributed by atoms with Gasteiger partial charge in [0.2, 0.25) is 0 Å². The topological polar surface area (TPSA) is 30.2 Å². The summed E-state index contributed by atoms with van der Waals surface area (Å²) in [6.07, 6.45) is 13.9. The van der Waals surface area contributed by atoms with Crippen LogP contribution in [0.15, 0.2) is 30.6 Å². The molecular weight excluding hydrogens is 703 g/mol. The summed E-state index contributed by atoms with van der Waals surface area (Å²) in [6, 6.07) is 8.14. The monoisotopic (exact) mass is 768 g/mol. The molecule has 0 N–H and O–H groups in total. The molecule has 3 heteroatoms. The van der Waals surface area contributed by atoms with Crippen LogP contribution in [0.2, 0.25) is 0 Å². The van der Waals surface area contributed by atoms with Gasteiger partial charge in [-0.25, -0.2) is 0 Å². The molecular formula is C55H65N3. The van der Waals surface area contributed by atoms with Gasteiger partial charge in [0.1, 0.15) is 0 Å². The van der Waals surface area contributed by atoms with Crippen molar-refractivity contribution in [2.45, 2.75) is 181 Å². The molecule has 6 aromatic rings. The molecule has 4 heterocycles. The molecule has 0 amide bonds. The van der Waals surface area contributed by atoms with Crippen molar-refractivity contribution in [2.75, 3.05) is 0 Å². The first kappa shape index (κ1) is 35.3. The van der Waals surface area contributed by atoms with E-state index in [1.165, 1.54) is 122 Å². The average molecular weight is 768 g/mol. The number of pyridine rings is 2. The van der Waals surface area contributed by atoms with E-state index in [0.29, 0.717) is 5.41 Å². The molecule has 3 nitrogen and oxygen atoms in total. The molecule has 8 aliphatic rings. The van der Waals surface area contributed by atoms with Crippen LogP contribution in [0.25, 0.3) is 49.2 Å². The molecule has 2 aromatic carbocycles. The molecule has 300 valence electrons. The maximum Gasteiger partial charge on any atom is 0.0732 e. The largest absolute Gasteiger partial charge is 0.305 e. The van der Waals surface area contributed by atoms with E-state index in [9.17, 15) is 0 Å². The molecule has 8 aliphatic carbocycles. The van der Waals surface area contributed by atoms with Crippen molar-refractivity contribution in [3.63, 3.8) is 0 Å². The fourth-order valence-corrected chi connectivity index (χ4v) is 16.6. The van der Waals surface area contributed by atoms with Gasteiger partial charge in [-0.3, -0.25) is 9.97 Å². The molecule has 0 aliphatic heterocycles. The summed E-state index contributed by atoms with van der Waals surface area (Å²) in [4.78, 5) is 11.4. The SMILES string of the molecule is CC(C)(C)c1cc(C(C)(C)C)c2c3c4c(ncc3n3c5cnc6c(c5c1c23)-c1cc2c(cc1C6(C)C)C1CC3CC5CC2C531)C1(C(C)(C)C)CCC4(C(C)(C)C)CC1. The van der Waals surface area contributed by atoms with Crippen molar-refractivity contribution < 1.29 is 0 Å². The van der Waals surface area contributed by atoms with Crippen molar-refractivity contribution in [1.29, 1.82) is 0 Å². The minimum atomic E-state index is -0.151. The second-order valence-corrected chi connectivity index (χ2v) is 25.9. The van der Waals surface area contributed by atoms with Crippen molar-refractivity contribution in [2.24, 2.45) is 28.1 Å². The standard InChI is InChI=1S/C55H65N3/c1-48(2,3)35-24-36(49(4,5)6)41-43-38(26-57-47-44(43)53(50(7,8)9)15-17-54(47,18-16-53)51(10,11)12)58-37-25-56-46-39(42(37)40(35)45(41)58)31-22-29-30(23-32(31)52(46,13)14)34-21-28-19-27-20-33(29)55(27,28)34/h22-28,33-34H,15-21H2,1-14H3. The third-order valence-electron chi connectivity index (χ3n) is 19.7. The van der Waals surface area contributed by atoms with Crippen LogP contribution >= 0.6 is 0 Å². The first-order chi connectivity index (χ1) is 27.0. The van der Waals surface area contributed by atoms with Crippen LogP contribution in [0.4, 0.5) is 0 Å². The maximum absolute atomic E-state index is 5.77. The van der Waals surface area contributed by atoms with Crippen molar-refractivity contribution in [3.8, 4) is 11.1 Å². The summed E-state index contributed by atoms with van der Waals surface area (Å²) < 4.78 is 2.69. The van der Waals surface area contributed by atoms with Crippen LogP contribution in [0.5, 0.6) is 0 Å². The highest BCUT2D eigenvalue weighted by Gasteiger charge is 2.78. The number of aromatic nitrogens is 3. The number of fused-ring (bicyclic) bond motifs is 15. The smallest absolute Gasteiger partial charge is 0.0732 e. The average Bonchev–Trinajstić information content (AvgIpc) is 3.79. The van der Waals surface area contributed by atoms with E-state index in [-0.39, 0.29) is 37.9 Å². The van der Waals surface area contributed by atoms with Gasteiger partial charge in [0.15, 0.2) is 0 Å². The Morgan fingerprint density at radius 2 is 1.10 bits per heavy atom. The number of benzene rings is 2. The quantitative estimate of drug-likeness (QED) is 0.154. The second-order valence-electron chi connectivity index (χ2n) is 25.9. The van der Waals surface area contributed by atoms with Gasteiger partial charge < -0.3 is 4.40 Å².